The van der Waals surface area contributed by atoms with Crippen LogP contribution in [0.15, 0.2) is 5.38 Å². The number of amides is 1. The summed E-state index contributed by atoms with van der Waals surface area (Å²) in [6.45, 7) is -0.200. The molecular weight excluding hydrogens is 285 g/mol. The molecule has 0 saturated heterocycles. The van der Waals surface area contributed by atoms with Crippen LogP contribution in [0.1, 0.15) is 23.5 Å². The molecule has 1 amide bonds. The lowest BCUT2D eigenvalue weighted by Crippen LogP contribution is -2.36. The minimum absolute atomic E-state index is 0.0851. The highest BCUT2D eigenvalue weighted by Gasteiger charge is 2.57. The summed E-state index contributed by atoms with van der Waals surface area (Å²) in [6, 6.07) is 0. The number of nitrogens with one attached hydrogen (secondary N) is 1. The number of carbonyl (C=O) groups is 2. The van der Waals surface area contributed by atoms with Crippen LogP contribution < -0.4 is 5.32 Å². The molecule has 0 aliphatic heterocycles. The van der Waals surface area contributed by atoms with Crippen LogP contribution in [0.25, 0.3) is 0 Å². The van der Waals surface area contributed by atoms with Gasteiger partial charge < -0.3 is 10.4 Å². The van der Waals surface area contributed by atoms with Crippen molar-refractivity contribution >= 4 is 23.2 Å². The highest BCUT2D eigenvalue weighted by molar-refractivity contribution is 7.09. The summed E-state index contributed by atoms with van der Waals surface area (Å²) in [5.74, 6) is -1.89. The quantitative estimate of drug-likeness (QED) is 0.827. The molecule has 104 valence electrons. The molecule has 9 heteroatoms. The van der Waals surface area contributed by atoms with Crippen LogP contribution in [0.2, 0.25) is 0 Å². The highest BCUT2D eigenvalue weighted by Crippen LogP contribution is 2.46. The molecule has 1 aliphatic rings. The first-order valence-corrected chi connectivity index (χ1v) is 6.17. The van der Waals surface area contributed by atoms with Crippen molar-refractivity contribution < 1.29 is 27.9 Å². The van der Waals surface area contributed by atoms with Crippen LogP contribution in [0.3, 0.4) is 0 Å². The van der Waals surface area contributed by atoms with Crippen molar-refractivity contribution in [1.82, 2.24) is 10.3 Å². The van der Waals surface area contributed by atoms with Crippen LogP contribution in [-0.2, 0) is 22.3 Å². The molecule has 0 unspecified atom stereocenters. The number of aromatic nitrogens is 1. The van der Waals surface area contributed by atoms with Crippen molar-refractivity contribution in [2.24, 2.45) is 5.41 Å². The Morgan fingerprint density at radius 3 is 2.53 bits per heavy atom. The zero-order valence-corrected chi connectivity index (χ0v) is 10.3. The number of carbonyl (C=O) groups excluding carboxylic acids is 1. The molecule has 5 nitrogen and oxygen atoms in total. The van der Waals surface area contributed by atoms with E-state index in [0.29, 0.717) is 0 Å². The molecule has 1 aromatic rings. The summed E-state index contributed by atoms with van der Waals surface area (Å²) in [4.78, 5) is 25.8. The van der Waals surface area contributed by atoms with E-state index in [1.807, 2.05) is 0 Å². The van der Waals surface area contributed by atoms with Crippen LogP contribution in [-0.4, -0.2) is 22.0 Å². The van der Waals surface area contributed by atoms with E-state index in [1.165, 1.54) is 0 Å². The van der Waals surface area contributed by atoms with E-state index in [-0.39, 0.29) is 24.4 Å². The lowest BCUT2D eigenvalue weighted by atomic mass is 10.1. The van der Waals surface area contributed by atoms with Crippen molar-refractivity contribution in [1.29, 1.82) is 0 Å². The van der Waals surface area contributed by atoms with Crippen LogP contribution in [0.5, 0.6) is 0 Å². The lowest BCUT2D eigenvalue weighted by Gasteiger charge is -2.09. The molecule has 19 heavy (non-hydrogen) atoms. The second kappa shape index (κ2) is 4.48. The third-order valence-electron chi connectivity index (χ3n) is 2.84. The molecule has 2 N–H and O–H groups in total. The third kappa shape index (κ3) is 2.70. The van der Waals surface area contributed by atoms with E-state index in [2.05, 4.69) is 10.3 Å². The molecule has 1 fully saturated rings. The van der Waals surface area contributed by atoms with Gasteiger partial charge in [-0.2, -0.15) is 13.2 Å². The van der Waals surface area contributed by atoms with Gasteiger partial charge >= 0.3 is 12.1 Å². The number of alkyl halides is 3. The molecular formula is C10H9F3N2O3S. The number of rotatable bonds is 4. The number of carboxylic acid groups (broad SMARTS) is 1. The molecule has 1 heterocycles. The standard InChI is InChI=1S/C10H9F3N2O3S/c11-10(12,13)5-4-19-6(15-5)3-14-7(16)9(1-2-9)8(17)18/h4H,1-3H2,(H,14,16)(H,17,18). The Kier molecular flexibility index (Phi) is 3.25. The number of aliphatic carboxylic acids is 1. The number of carboxylic acids is 1. The molecule has 0 aromatic carbocycles. The summed E-state index contributed by atoms with van der Waals surface area (Å²) >= 11 is 0.765. The topological polar surface area (TPSA) is 79.3 Å². The number of thiazole rings is 1. The normalized spacial score (nSPS) is 17.0. The van der Waals surface area contributed by atoms with Gasteiger partial charge in [0, 0.05) is 5.38 Å². The van der Waals surface area contributed by atoms with Crippen molar-refractivity contribution in [3.8, 4) is 0 Å². The summed E-state index contributed by atoms with van der Waals surface area (Å²) in [6.07, 6.45) is -4.02. The van der Waals surface area contributed by atoms with Gasteiger partial charge in [-0.25, -0.2) is 4.98 Å². The number of halogens is 3. The average molecular weight is 294 g/mol. The second-order valence-electron chi connectivity index (χ2n) is 4.19. The van der Waals surface area contributed by atoms with Crippen LogP contribution in [0.4, 0.5) is 13.2 Å². The Labute approximate surface area is 109 Å². The van der Waals surface area contributed by atoms with E-state index < -0.39 is 29.2 Å². The first kappa shape index (κ1) is 13.8. The molecule has 1 aromatic heterocycles. The van der Waals surface area contributed by atoms with Crippen molar-refractivity contribution in [3.05, 3.63) is 16.1 Å². The molecule has 0 bridgehead atoms. The fourth-order valence-corrected chi connectivity index (χ4v) is 2.25. The first-order chi connectivity index (χ1) is 8.75. The van der Waals surface area contributed by atoms with E-state index in [9.17, 15) is 22.8 Å². The van der Waals surface area contributed by atoms with Crippen molar-refractivity contribution in [2.75, 3.05) is 0 Å². The largest absolute Gasteiger partial charge is 0.480 e. The van der Waals surface area contributed by atoms with E-state index in [1.54, 1.807) is 0 Å². The van der Waals surface area contributed by atoms with Crippen molar-refractivity contribution in [2.45, 2.75) is 25.6 Å². The molecule has 0 spiro atoms. The average Bonchev–Trinajstić information content (AvgIpc) is 2.97. The lowest BCUT2D eigenvalue weighted by molar-refractivity contribution is -0.149. The second-order valence-corrected chi connectivity index (χ2v) is 5.14. The highest BCUT2D eigenvalue weighted by atomic mass is 32.1. The maximum absolute atomic E-state index is 12.3. The number of hydrogen-bond donors (Lipinski definition) is 2. The molecule has 0 radical (unpaired) electrons. The smallest absolute Gasteiger partial charge is 0.434 e. The minimum atomic E-state index is -4.52. The molecule has 0 atom stereocenters. The Balaban J connectivity index is 1.95. The maximum Gasteiger partial charge on any atom is 0.434 e. The predicted octanol–water partition coefficient (Wildman–Crippen LogP) is 1.64. The summed E-state index contributed by atoms with van der Waals surface area (Å²) in [7, 11) is 0. The minimum Gasteiger partial charge on any atom is -0.480 e. The first-order valence-electron chi connectivity index (χ1n) is 5.29. The molecule has 1 aliphatic carbocycles. The van der Waals surface area contributed by atoms with E-state index >= 15 is 0 Å². The van der Waals surface area contributed by atoms with Gasteiger partial charge in [0.15, 0.2) is 5.69 Å². The van der Waals surface area contributed by atoms with Gasteiger partial charge in [0.2, 0.25) is 5.91 Å². The van der Waals surface area contributed by atoms with Gasteiger partial charge in [-0.15, -0.1) is 11.3 Å². The summed E-state index contributed by atoms with van der Waals surface area (Å²) in [5.41, 5.74) is -2.41. The Morgan fingerprint density at radius 1 is 1.47 bits per heavy atom. The predicted molar refractivity (Wildman–Crippen MR) is 58.3 cm³/mol. The van der Waals surface area contributed by atoms with Gasteiger partial charge in [0.1, 0.15) is 10.4 Å². The maximum atomic E-state index is 12.3. The summed E-state index contributed by atoms with van der Waals surface area (Å²) < 4.78 is 36.9. The summed E-state index contributed by atoms with van der Waals surface area (Å²) in [5, 5.41) is 12.1. The van der Waals surface area contributed by atoms with Gasteiger partial charge in [0.25, 0.3) is 0 Å². The Bertz CT molecular complexity index is 522. The number of nitrogens with zero attached hydrogens (tertiary/aromatic N) is 1. The van der Waals surface area contributed by atoms with E-state index in [4.69, 9.17) is 5.11 Å². The van der Waals surface area contributed by atoms with Gasteiger partial charge in [0.05, 0.1) is 6.54 Å². The fraction of sp³-hybridized carbons (Fsp3) is 0.500. The van der Waals surface area contributed by atoms with Gasteiger partial charge in [-0.05, 0) is 12.8 Å². The molecule has 2 rings (SSSR count). The third-order valence-corrected chi connectivity index (χ3v) is 3.69. The van der Waals surface area contributed by atoms with Crippen LogP contribution in [0, 0.1) is 5.41 Å². The van der Waals surface area contributed by atoms with Gasteiger partial charge in [-0.1, -0.05) is 0 Å². The Hall–Kier alpha value is -1.64. The monoisotopic (exact) mass is 294 g/mol. The Morgan fingerprint density at radius 2 is 2.11 bits per heavy atom. The van der Waals surface area contributed by atoms with E-state index in [0.717, 1.165) is 16.7 Å². The van der Waals surface area contributed by atoms with Crippen LogP contribution >= 0.6 is 11.3 Å². The number of hydrogen-bond acceptors (Lipinski definition) is 4. The SMILES string of the molecule is O=C(O)C1(C(=O)NCc2nc(C(F)(F)F)cs2)CC1. The van der Waals surface area contributed by atoms with Crippen molar-refractivity contribution in [3.63, 3.8) is 0 Å². The zero-order chi connectivity index (χ0) is 14.3. The van der Waals surface area contributed by atoms with Gasteiger partial charge in [-0.3, -0.25) is 9.59 Å². The molecule has 1 saturated carbocycles. The fourth-order valence-electron chi connectivity index (χ4n) is 1.51. The zero-order valence-electron chi connectivity index (χ0n) is 9.45.